The van der Waals surface area contributed by atoms with Crippen LogP contribution in [-0.4, -0.2) is 16.9 Å². The molecule has 100 valence electrons. The molecule has 6 heteroatoms. The molecule has 0 atom stereocenters. The number of aromatic amines is 1. The molecule has 1 amide bonds. The van der Waals surface area contributed by atoms with Gasteiger partial charge in [-0.05, 0) is 19.8 Å². The minimum atomic E-state index is -1.56. The van der Waals surface area contributed by atoms with Crippen LogP contribution in [0, 0.1) is 24.4 Å². The van der Waals surface area contributed by atoms with E-state index in [1.54, 1.807) is 6.92 Å². The van der Waals surface area contributed by atoms with Gasteiger partial charge in [-0.15, -0.1) is 0 Å². The number of halogens is 3. The zero-order valence-electron chi connectivity index (χ0n) is 10.1. The SMILES string of the molecule is Cc1[nH]c2cc(F)c(F)c(F)c2c1C(=O)NC1CC1. The molecule has 1 aromatic heterocycles. The van der Waals surface area contributed by atoms with Gasteiger partial charge < -0.3 is 10.3 Å². The van der Waals surface area contributed by atoms with Gasteiger partial charge in [-0.25, -0.2) is 13.2 Å². The van der Waals surface area contributed by atoms with Gasteiger partial charge in [-0.3, -0.25) is 4.79 Å². The Kier molecular flexibility index (Phi) is 2.55. The molecule has 0 spiro atoms. The Morgan fingerprint density at radius 3 is 2.63 bits per heavy atom. The monoisotopic (exact) mass is 268 g/mol. The van der Waals surface area contributed by atoms with Gasteiger partial charge in [0.1, 0.15) is 0 Å². The lowest BCUT2D eigenvalue weighted by atomic mass is 10.1. The van der Waals surface area contributed by atoms with Crippen LogP contribution in [0.15, 0.2) is 6.07 Å². The largest absolute Gasteiger partial charge is 0.358 e. The highest BCUT2D eigenvalue weighted by molar-refractivity contribution is 6.08. The molecule has 1 heterocycles. The molecule has 1 fully saturated rings. The zero-order valence-corrected chi connectivity index (χ0v) is 10.1. The van der Waals surface area contributed by atoms with Crippen LogP contribution in [0.3, 0.4) is 0 Å². The summed E-state index contributed by atoms with van der Waals surface area (Å²) in [6.07, 6.45) is 1.78. The molecule has 1 saturated carbocycles. The van der Waals surface area contributed by atoms with Gasteiger partial charge in [0.25, 0.3) is 5.91 Å². The Morgan fingerprint density at radius 2 is 2.00 bits per heavy atom. The van der Waals surface area contributed by atoms with Crippen molar-refractivity contribution in [1.29, 1.82) is 0 Å². The first-order valence-electron chi connectivity index (χ1n) is 5.95. The summed E-state index contributed by atoms with van der Waals surface area (Å²) in [6.45, 7) is 1.57. The molecule has 0 radical (unpaired) electrons. The molecule has 2 aromatic rings. The third-order valence-corrected chi connectivity index (χ3v) is 3.25. The summed E-state index contributed by atoms with van der Waals surface area (Å²) in [5.74, 6) is -4.64. The fraction of sp³-hybridized carbons (Fsp3) is 0.308. The van der Waals surface area contributed by atoms with Crippen molar-refractivity contribution in [1.82, 2.24) is 10.3 Å². The molecule has 3 rings (SSSR count). The smallest absolute Gasteiger partial charge is 0.254 e. The van der Waals surface area contributed by atoms with Gasteiger partial charge in [0.2, 0.25) is 0 Å². The lowest BCUT2D eigenvalue weighted by molar-refractivity contribution is 0.0952. The first-order chi connectivity index (χ1) is 8.99. The Bertz CT molecular complexity index is 689. The Labute approximate surface area is 106 Å². The lowest BCUT2D eigenvalue weighted by Gasteiger charge is -2.04. The van der Waals surface area contributed by atoms with Gasteiger partial charge in [0.15, 0.2) is 17.5 Å². The van der Waals surface area contributed by atoms with Crippen molar-refractivity contribution in [2.45, 2.75) is 25.8 Å². The van der Waals surface area contributed by atoms with E-state index >= 15 is 0 Å². The molecule has 2 N–H and O–H groups in total. The minimum Gasteiger partial charge on any atom is -0.358 e. The summed E-state index contributed by atoms with van der Waals surface area (Å²) in [7, 11) is 0. The standard InChI is InChI=1S/C13H11F3N2O/c1-5-9(13(19)18-6-2-3-6)10-8(17-5)4-7(14)11(15)12(10)16/h4,6,17H,2-3H2,1H3,(H,18,19). The number of aryl methyl sites for hydroxylation is 1. The van der Waals surface area contributed by atoms with Gasteiger partial charge in [-0.2, -0.15) is 0 Å². The molecule has 0 saturated heterocycles. The Hall–Kier alpha value is -1.98. The number of hydrogen-bond acceptors (Lipinski definition) is 1. The fourth-order valence-electron chi connectivity index (χ4n) is 2.16. The first-order valence-corrected chi connectivity index (χ1v) is 5.95. The minimum absolute atomic E-state index is 0.0401. The average molecular weight is 268 g/mol. The molecule has 19 heavy (non-hydrogen) atoms. The van der Waals surface area contributed by atoms with Crippen LogP contribution >= 0.6 is 0 Å². The highest BCUT2D eigenvalue weighted by atomic mass is 19.2. The molecular weight excluding hydrogens is 257 g/mol. The number of amides is 1. The molecule has 0 aliphatic heterocycles. The number of fused-ring (bicyclic) bond motifs is 1. The second-order valence-corrected chi connectivity index (χ2v) is 4.78. The predicted molar refractivity (Wildman–Crippen MR) is 63.4 cm³/mol. The van der Waals surface area contributed by atoms with Crippen LogP contribution in [0.5, 0.6) is 0 Å². The van der Waals surface area contributed by atoms with Gasteiger partial charge in [0, 0.05) is 17.8 Å². The first kappa shape index (κ1) is 12.1. The third kappa shape index (κ3) is 1.87. The van der Waals surface area contributed by atoms with Crippen LogP contribution in [-0.2, 0) is 0 Å². The van der Waals surface area contributed by atoms with E-state index in [-0.39, 0.29) is 22.5 Å². The lowest BCUT2D eigenvalue weighted by Crippen LogP contribution is -2.26. The average Bonchev–Trinajstić information content (AvgIpc) is 3.08. The van der Waals surface area contributed by atoms with Crippen molar-refractivity contribution in [2.75, 3.05) is 0 Å². The maximum absolute atomic E-state index is 13.8. The van der Waals surface area contributed by atoms with Crippen LogP contribution < -0.4 is 5.32 Å². The number of hydrogen-bond donors (Lipinski definition) is 2. The topological polar surface area (TPSA) is 44.9 Å². The third-order valence-electron chi connectivity index (χ3n) is 3.25. The van der Waals surface area contributed by atoms with Crippen LogP contribution in [0.25, 0.3) is 10.9 Å². The normalized spacial score (nSPS) is 14.9. The molecule has 1 aromatic carbocycles. The van der Waals surface area contributed by atoms with Crippen molar-refractivity contribution < 1.29 is 18.0 Å². The molecule has 0 unspecified atom stereocenters. The molecule has 0 bridgehead atoms. The number of rotatable bonds is 2. The number of carbonyl (C=O) groups is 1. The van der Waals surface area contributed by atoms with Crippen molar-refractivity contribution in [2.24, 2.45) is 0 Å². The van der Waals surface area contributed by atoms with E-state index in [1.165, 1.54) is 0 Å². The van der Waals surface area contributed by atoms with E-state index in [4.69, 9.17) is 0 Å². The van der Waals surface area contributed by atoms with Gasteiger partial charge in [0.05, 0.1) is 16.5 Å². The highest BCUT2D eigenvalue weighted by Gasteiger charge is 2.28. The van der Waals surface area contributed by atoms with E-state index in [0.717, 1.165) is 18.9 Å². The number of aromatic nitrogens is 1. The summed E-state index contributed by atoms with van der Waals surface area (Å²) in [4.78, 5) is 14.7. The predicted octanol–water partition coefficient (Wildman–Crippen LogP) is 2.79. The number of H-pyrrole nitrogens is 1. The van der Waals surface area contributed by atoms with Crippen molar-refractivity contribution in [3.8, 4) is 0 Å². The van der Waals surface area contributed by atoms with E-state index < -0.39 is 23.4 Å². The van der Waals surface area contributed by atoms with Crippen molar-refractivity contribution in [3.05, 3.63) is 34.8 Å². The van der Waals surface area contributed by atoms with E-state index in [2.05, 4.69) is 10.3 Å². The van der Waals surface area contributed by atoms with Crippen LogP contribution in [0.4, 0.5) is 13.2 Å². The molecular formula is C13H11F3N2O. The maximum atomic E-state index is 13.8. The second-order valence-electron chi connectivity index (χ2n) is 4.78. The van der Waals surface area contributed by atoms with Crippen LogP contribution in [0.2, 0.25) is 0 Å². The quantitative estimate of drug-likeness (QED) is 0.808. The zero-order chi connectivity index (χ0) is 13.7. The molecule has 1 aliphatic carbocycles. The Morgan fingerprint density at radius 1 is 1.32 bits per heavy atom. The summed E-state index contributed by atoms with van der Waals surface area (Å²) >= 11 is 0. The number of carbonyl (C=O) groups excluding carboxylic acids is 1. The van der Waals surface area contributed by atoms with Crippen molar-refractivity contribution >= 4 is 16.8 Å². The molecule has 1 aliphatic rings. The summed E-state index contributed by atoms with van der Waals surface area (Å²) in [6, 6.07) is 0.958. The van der Waals surface area contributed by atoms with E-state index in [9.17, 15) is 18.0 Å². The van der Waals surface area contributed by atoms with Gasteiger partial charge in [-0.1, -0.05) is 0 Å². The second kappa shape index (κ2) is 4.01. The fourth-order valence-corrected chi connectivity index (χ4v) is 2.16. The molecule has 3 nitrogen and oxygen atoms in total. The highest BCUT2D eigenvalue weighted by Crippen LogP contribution is 2.29. The number of benzene rings is 1. The summed E-state index contributed by atoms with van der Waals surface area (Å²) in [5.41, 5.74) is 0.505. The number of nitrogens with one attached hydrogen (secondary N) is 2. The Balaban J connectivity index is 2.20. The van der Waals surface area contributed by atoms with Crippen LogP contribution in [0.1, 0.15) is 28.9 Å². The van der Waals surface area contributed by atoms with Crippen molar-refractivity contribution in [3.63, 3.8) is 0 Å². The van der Waals surface area contributed by atoms with Gasteiger partial charge >= 0.3 is 0 Å². The summed E-state index contributed by atoms with van der Waals surface area (Å²) in [5, 5.41) is 2.51. The van der Waals surface area contributed by atoms with E-state index in [0.29, 0.717) is 5.69 Å². The maximum Gasteiger partial charge on any atom is 0.254 e. The van der Waals surface area contributed by atoms with E-state index in [1.807, 2.05) is 0 Å². The summed E-state index contributed by atoms with van der Waals surface area (Å²) < 4.78 is 40.3.